The van der Waals surface area contributed by atoms with Crippen molar-refractivity contribution in [3.63, 3.8) is 0 Å². The summed E-state index contributed by atoms with van der Waals surface area (Å²) in [5.41, 5.74) is 1.72. The van der Waals surface area contributed by atoms with Crippen LogP contribution in [0, 0.1) is 10.1 Å². The Morgan fingerprint density at radius 2 is 1.83 bits per heavy atom. The number of hydrogen-bond acceptors (Lipinski definition) is 6. The van der Waals surface area contributed by atoms with Crippen LogP contribution in [0.15, 0.2) is 59.6 Å². The van der Waals surface area contributed by atoms with Crippen molar-refractivity contribution in [1.29, 1.82) is 0 Å². The van der Waals surface area contributed by atoms with Gasteiger partial charge in [0.15, 0.2) is 0 Å². The molecule has 3 aromatic rings. The van der Waals surface area contributed by atoms with Crippen molar-refractivity contribution in [2.75, 3.05) is 18.4 Å². The molecule has 156 valence electrons. The lowest BCUT2D eigenvalue weighted by Gasteiger charge is -2.25. The van der Waals surface area contributed by atoms with Crippen LogP contribution in [0.5, 0.6) is 0 Å². The van der Waals surface area contributed by atoms with Gasteiger partial charge in [-0.05, 0) is 36.6 Å². The third-order valence-corrected chi connectivity index (χ3v) is 7.20. The molecule has 0 amide bonds. The molecule has 4 rings (SSSR count). The lowest BCUT2D eigenvalue weighted by Crippen LogP contribution is -2.35. The summed E-state index contributed by atoms with van der Waals surface area (Å²) in [5.74, 6) is 0. The molecular weight excluding hydrogens is 404 g/mol. The van der Waals surface area contributed by atoms with E-state index in [1.807, 2.05) is 30.3 Å². The Morgan fingerprint density at radius 3 is 2.60 bits per heavy atom. The molecular formula is C21H22N4O4S. The van der Waals surface area contributed by atoms with Crippen LogP contribution in [0.3, 0.4) is 0 Å². The second kappa shape index (κ2) is 8.37. The van der Waals surface area contributed by atoms with Gasteiger partial charge in [0.2, 0.25) is 10.0 Å². The number of pyridine rings is 1. The Morgan fingerprint density at radius 1 is 1.07 bits per heavy atom. The maximum absolute atomic E-state index is 12.9. The fraction of sp³-hybridized carbons (Fsp3) is 0.286. The highest BCUT2D eigenvalue weighted by molar-refractivity contribution is 7.89. The SMILES string of the molecule is O=[N+]([O-])c1cc(S(=O)(=O)N2CCCCC2)ccc1NCc1cccc2cccnc12. The van der Waals surface area contributed by atoms with Crippen molar-refractivity contribution in [1.82, 2.24) is 9.29 Å². The van der Waals surface area contributed by atoms with Crippen LogP contribution in [0.4, 0.5) is 11.4 Å². The summed E-state index contributed by atoms with van der Waals surface area (Å²) in [4.78, 5) is 15.4. The van der Waals surface area contributed by atoms with Gasteiger partial charge < -0.3 is 5.32 Å². The van der Waals surface area contributed by atoms with Gasteiger partial charge in [-0.1, -0.05) is 30.7 Å². The van der Waals surface area contributed by atoms with Gasteiger partial charge in [0.25, 0.3) is 5.69 Å². The summed E-state index contributed by atoms with van der Waals surface area (Å²) in [7, 11) is -3.74. The summed E-state index contributed by atoms with van der Waals surface area (Å²) in [6.45, 7) is 1.22. The highest BCUT2D eigenvalue weighted by atomic mass is 32.2. The van der Waals surface area contributed by atoms with E-state index in [1.165, 1.54) is 16.4 Å². The van der Waals surface area contributed by atoms with Crippen LogP contribution >= 0.6 is 0 Å². The van der Waals surface area contributed by atoms with Crippen molar-refractivity contribution in [2.45, 2.75) is 30.7 Å². The van der Waals surface area contributed by atoms with Crippen LogP contribution < -0.4 is 5.32 Å². The third-order valence-electron chi connectivity index (χ3n) is 5.30. The van der Waals surface area contributed by atoms with E-state index in [0.717, 1.165) is 41.8 Å². The number of benzene rings is 2. The number of nitrogens with zero attached hydrogens (tertiary/aromatic N) is 3. The average Bonchev–Trinajstić information content (AvgIpc) is 2.78. The van der Waals surface area contributed by atoms with Gasteiger partial charge in [0.05, 0.1) is 15.3 Å². The molecule has 0 unspecified atom stereocenters. The number of piperidine rings is 1. The number of sulfonamides is 1. The minimum atomic E-state index is -3.74. The molecule has 0 radical (unpaired) electrons. The van der Waals surface area contributed by atoms with Gasteiger partial charge >= 0.3 is 0 Å². The number of nitro benzene ring substituents is 1. The molecule has 0 bridgehead atoms. The van der Waals surface area contributed by atoms with E-state index in [0.29, 0.717) is 19.6 Å². The molecule has 1 fully saturated rings. The maximum Gasteiger partial charge on any atom is 0.293 e. The van der Waals surface area contributed by atoms with Crippen LogP contribution in [0.25, 0.3) is 10.9 Å². The van der Waals surface area contributed by atoms with Gasteiger partial charge in [-0.25, -0.2) is 8.42 Å². The first kappa shape index (κ1) is 20.2. The molecule has 8 nitrogen and oxygen atoms in total. The number of fused-ring (bicyclic) bond motifs is 1. The predicted molar refractivity (Wildman–Crippen MR) is 115 cm³/mol. The van der Waals surface area contributed by atoms with Gasteiger partial charge in [0, 0.05) is 37.3 Å². The first-order chi connectivity index (χ1) is 14.5. The van der Waals surface area contributed by atoms with E-state index >= 15 is 0 Å². The van der Waals surface area contributed by atoms with Crippen molar-refractivity contribution < 1.29 is 13.3 Å². The van der Waals surface area contributed by atoms with E-state index in [-0.39, 0.29) is 16.3 Å². The second-order valence-corrected chi connectivity index (χ2v) is 9.18. The Hall–Kier alpha value is -3.04. The normalized spacial score (nSPS) is 15.2. The molecule has 30 heavy (non-hydrogen) atoms. The molecule has 0 atom stereocenters. The standard InChI is InChI=1S/C21H22N4O4S/c26-25(27)20-14-18(30(28,29)24-12-2-1-3-13-24)9-10-19(20)23-15-17-7-4-6-16-8-5-11-22-21(16)17/h4-11,14,23H,1-3,12-13,15H2. The van der Waals surface area contributed by atoms with Crippen molar-refractivity contribution in [2.24, 2.45) is 0 Å². The molecule has 1 aromatic heterocycles. The summed E-state index contributed by atoms with van der Waals surface area (Å²) in [6.07, 6.45) is 4.31. The second-order valence-electron chi connectivity index (χ2n) is 7.25. The summed E-state index contributed by atoms with van der Waals surface area (Å²) < 4.78 is 27.2. The van der Waals surface area contributed by atoms with Crippen molar-refractivity contribution >= 4 is 32.3 Å². The van der Waals surface area contributed by atoms with Crippen LogP contribution in [-0.4, -0.2) is 35.7 Å². The minimum Gasteiger partial charge on any atom is -0.375 e. The Balaban J connectivity index is 1.62. The third kappa shape index (κ3) is 3.99. The van der Waals surface area contributed by atoms with Crippen LogP contribution in [0.2, 0.25) is 0 Å². The number of rotatable bonds is 6. The lowest BCUT2D eigenvalue weighted by molar-refractivity contribution is -0.384. The van der Waals surface area contributed by atoms with E-state index < -0.39 is 14.9 Å². The number of hydrogen-bond donors (Lipinski definition) is 1. The molecule has 9 heteroatoms. The Labute approximate surface area is 174 Å². The zero-order valence-electron chi connectivity index (χ0n) is 16.3. The van der Waals surface area contributed by atoms with Gasteiger partial charge in [-0.3, -0.25) is 15.1 Å². The molecule has 2 aromatic carbocycles. The number of aromatic nitrogens is 1. The highest BCUT2D eigenvalue weighted by Crippen LogP contribution is 2.30. The quantitative estimate of drug-likeness (QED) is 0.473. The fourth-order valence-corrected chi connectivity index (χ4v) is 5.26. The monoisotopic (exact) mass is 426 g/mol. The molecule has 1 N–H and O–H groups in total. The number of para-hydroxylation sites is 1. The topological polar surface area (TPSA) is 105 Å². The smallest absolute Gasteiger partial charge is 0.293 e. The van der Waals surface area contributed by atoms with Crippen molar-refractivity contribution in [3.05, 3.63) is 70.4 Å². The highest BCUT2D eigenvalue weighted by Gasteiger charge is 2.28. The number of anilines is 1. The Bertz CT molecular complexity index is 1190. The van der Waals surface area contributed by atoms with Crippen LogP contribution in [-0.2, 0) is 16.6 Å². The summed E-state index contributed by atoms with van der Waals surface area (Å²) in [6, 6.07) is 13.6. The minimum absolute atomic E-state index is 0.0477. The Kier molecular flexibility index (Phi) is 5.65. The maximum atomic E-state index is 12.9. The zero-order valence-corrected chi connectivity index (χ0v) is 17.1. The van der Waals surface area contributed by atoms with Gasteiger partial charge in [-0.15, -0.1) is 0 Å². The predicted octanol–water partition coefficient (Wildman–Crippen LogP) is 3.93. The molecule has 0 spiro atoms. The lowest BCUT2D eigenvalue weighted by atomic mass is 10.1. The van der Waals surface area contributed by atoms with Crippen molar-refractivity contribution in [3.8, 4) is 0 Å². The molecule has 1 aliphatic heterocycles. The van der Waals surface area contributed by atoms with E-state index in [9.17, 15) is 18.5 Å². The van der Waals surface area contributed by atoms with Crippen LogP contribution in [0.1, 0.15) is 24.8 Å². The number of nitro groups is 1. The average molecular weight is 426 g/mol. The van der Waals surface area contributed by atoms with Gasteiger partial charge in [0.1, 0.15) is 5.69 Å². The largest absolute Gasteiger partial charge is 0.375 e. The van der Waals surface area contributed by atoms with E-state index in [4.69, 9.17) is 0 Å². The fourth-order valence-electron chi connectivity index (χ4n) is 3.73. The van der Waals surface area contributed by atoms with E-state index in [1.54, 1.807) is 6.20 Å². The number of nitrogens with one attached hydrogen (secondary N) is 1. The molecule has 1 saturated heterocycles. The molecule has 0 aliphatic carbocycles. The summed E-state index contributed by atoms with van der Waals surface area (Å²) >= 11 is 0. The first-order valence-electron chi connectivity index (χ1n) is 9.82. The first-order valence-corrected chi connectivity index (χ1v) is 11.3. The zero-order chi connectivity index (χ0) is 21.1. The molecule has 2 heterocycles. The summed E-state index contributed by atoms with van der Waals surface area (Å²) in [5, 5.41) is 15.7. The van der Waals surface area contributed by atoms with Gasteiger partial charge in [-0.2, -0.15) is 4.31 Å². The van der Waals surface area contributed by atoms with E-state index in [2.05, 4.69) is 10.3 Å². The molecule has 0 saturated carbocycles. The molecule has 1 aliphatic rings.